The number of nitrogens with one attached hydrogen (secondary N) is 1. The summed E-state index contributed by atoms with van der Waals surface area (Å²) >= 11 is 0. The lowest BCUT2D eigenvalue weighted by Crippen LogP contribution is -2.13. The topological polar surface area (TPSA) is 42.7 Å². The van der Waals surface area contributed by atoms with E-state index >= 15 is 0 Å². The van der Waals surface area contributed by atoms with Crippen LogP contribution in [0, 0.1) is 0 Å². The third-order valence-electron chi connectivity index (χ3n) is 1.94. The predicted molar refractivity (Wildman–Crippen MR) is 52.5 cm³/mol. The molecule has 0 unspecified atom stereocenters. The van der Waals surface area contributed by atoms with Gasteiger partial charge in [0.05, 0.1) is 5.69 Å². The van der Waals surface area contributed by atoms with Crippen LogP contribution in [0.5, 0.6) is 0 Å². The average molecular weight is 182 g/mol. The molecule has 13 heavy (non-hydrogen) atoms. The minimum Gasteiger partial charge on any atom is -0.317 e. The maximum absolute atomic E-state index is 4.03. The molecule has 1 aromatic heterocycles. The van der Waals surface area contributed by atoms with Crippen LogP contribution in [0.1, 0.15) is 25.5 Å². The van der Waals surface area contributed by atoms with Crippen LogP contribution >= 0.6 is 0 Å². The van der Waals surface area contributed by atoms with Gasteiger partial charge in [-0.3, -0.25) is 4.68 Å². The molecular weight excluding hydrogens is 164 g/mol. The molecule has 1 heterocycles. The second-order valence-electron chi connectivity index (χ2n) is 3.19. The molecule has 0 spiro atoms. The van der Waals surface area contributed by atoms with Gasteiger partial charge in [-0.2, -0.15) is 0 Å². The first-order valence-corrected chi connectivity index (χ1v) is 4.89. The molecule has 1 N–H and O–H groups in total. The van der Waals surface area contributed by atoms with Crippen molar-refractivity contribution in [3.63, 3.8) is 0 Å². The summed E-state index contributed by atoms with van der Waals surface area (Å²) in [4.78, 5) is 0. The lowest BCUT2D eigenvalue weighted by Gasteiger charge is -1.99. The highest BCUT2D eigenvalue weighted by molar-refractivity contribution is 4.91. The van der Waals surface area contributed by atoms with E-state index in [1.807, 2.05) is 13.2 Å². The summed E-state index contributed by atoms with van der Waals surface area (Å²) in [5.41, 5.74) is 1.10. The van der Waals surface area contributed by atoms with Crippen LogP contribution in [-0.4, -0.2) is 28.1 Å². The molecule has 0 aromatic carbocycles. The van der Waals surface area contributed by atoms with Crippen molar-refractivity contribution in [1.29, 1.82) is 0 Å². The van der Waals surface area contributed by atoms with Crippen molar-refractivity contribution in [3.8, 4) is 0 Å². The largest absolute Gasteiger partial charge is 0.317 e. The Kier molecular flexibility index (Phi) is 4.46. The van der Waals surface area contributed by atoms with E-state index < -0.39 is 0 Å². The van der Waals surface area contributed by atoms with Crippen LogP contribution in [0.2, 0.25) is 0 Å². The van der Waals surface area contributed by atoms with E-state index in [0.29, 0.717) is 0 Å². The Labute approximate surface area is 79.3 Å². The van der Waals surface area contributed by atoms with Crippen molar-refractivity contribution in [1.82, 2.24) is 20.3 Å². The number of aromatic nitrogens is 3. The molecule has 0 atom stereocenters. The molecule has 0 amide bonds. The van der Waals surface area contributed by atoms with Gasteiger partial charge in [0.2, 0.25) is 0 Å². The van der Waals surface area contributed by atoms with Crippen LogP contribution < -0.4 is 5.32 Å². The van der Waals surface area contributed by atoms with E-state index in [1.165, 1.54) is 12.8 Å². The van der Waals surface area contributed by atoms with Gasteiger partial charge in [-0.05, 0) is 32.4 Å². The average Bonchev–Trinajstić information content (AvgIpc) is 2.51. The summed E-state index contributed by atoms with van der Waals surface area (Å²) in [5, 5.41) is 11.2. The van der Waals surface area contributed by atoms with Crippen LogP contribution in [0.15, 0.2) is 6.20 Å². The lowest BCUT2D eigenvalue weighted by molar-refractivity contribution is 0.636. The summed E-state index contributed by atoms with van der Waals surface area (Å²) in [6.45, 7) is 4.30. The Morgan fingerprint density at radius 1 is 1.46 bits per heavy atom. The summed E-state index contributed by atoms with van der Waals surface area (Å²) in [6, 6.07) is 0. The number of nitrogens with zero attached hydrogens (tertiary/aromatic N) is 3. The van der Waals surface area contributed by atoms with Crippen LogP contribution in [0.3, 0.4) is 0 Å². The number of hydrogen-bond donors (Lipinski definition) is 1. The fourth-order valence-electron chi connectivity index (χ4n) is 1.24. The van der Waals surface area contributed by atoms with Gasteiger partial charge in [-0.1, -0.05) is 12.1 Å². The molecule has 0 saturated carbocycles. The quantitative estimate of drug-likeness (QED) is 0.660. The van der Waals surface area contributed by atoms with Gasteiger partial charge >= 0.3 is 0 Å². The molecular formula is C9H18N4. The van der Waals surface area contributed by atoms with Crippen molar-refractivity contribution in [2.24, 2.45) is 7.05 Å². The van der Waals surface area contributed by atoms with Crippen molar-refractivity contribution >= 4 is 0 Å². The number of unbranched alkanes of at least 4 members (excludes halogenated alkanes) is 1. The molecule has 4 nitrogen and oxygen atoms in total. The molecule has 4 heteroatoms. The maximum atomic E-state index is 4.03. The molecule has 0 bridgehead atoms. The number of aryl methyl sites for hydroxylation is 2. The zero-order valence-electron chi connectivity index (χ0n) is 8.45. The van der Waals surface area contributed by atoms with Crippen molar-refractivity contribution < 1.29 is 0 Å². The number of hydrogen-bond acceptors (Lipinski definition) is 3. The van der Waals surface area contributed by atoms with E-state index in [1.54, 1.807) is 4.68 Å². The Morgan fingerprint density at radius 2 is 2.31 bits per heavy atom. The lowest BCUT2D eigenvalue weighted by atomic mass is 10.2. The van der Waals surface area contributed by atoms with Gasteiger partial charge in [-0.25, -0.2) is 0 Å². The Hall–Kier alpha value is -0.900. The van der Waals surface area contributed by atoms with E-state index in [-0.39, 0.29) is 0 Å². The zero-order valence-corrected chi connectivity index (χ0v) is 8.45. The van der Waals surface area contributed by atoms with Crippen molar-refractivity contribution in [2.45, 2.75) is 26.2 Å². The van der Waals surface area contributed by atoms with Gasteiger partial charge in [0.15, 0.2) is 0 Å². The van der Waals surface area contributed by atoms with Crippen LogP contribution in [0.4, 0.5) is 0 Å². The van der Waals surface area contributed by atoms with Crippen molar-refractivity contribution in [2.75, 3.05) is 13.1 Å². The molecule has 1 aromatic rings. The van der Waals surface area contributed by atoms with Gasteiger partial charge in [0.1, 0.15) is 0 Å². The van der Waals surface area contributed by atoms with Gasteiger partial charge in [-0.15, -0.1) is 5.10 Å². The first-order valence-electron chi connectivity index (χ1n) is 4.89. The summed E-state index contributed by atoms with van der Waals surface area (Å²) in [6.07, 6.45) is 5.42. The molecule has 0 saturated heterocycles. The smallest absolute Gasteiger partial charge is 0.0827 e. The van der Waals surface area contributed by atoms with E-state index in [9.17, 15) is 0 Å². The minimum atomic E-state index is 1.04. The minimum absolute atomic E-state index is 1.04. The molecule has 74 valence electrons. The standard InChI is InChI=1S/C9H18N4/c1-3-10-7-5-4-6-9-8-13(2)12-11-9/h8,10H,3-7H2,1-2H3. The molecule has 1 rings (SSSR count). The first-order chi connectivity index (χ1) is 6.33. The SMILES string of the molecule is CCNCCCCc1cn(C)nn1. The van der Waals surface area contributed by atoms with E-state index in [2.05, 4.69) is 22.6 Å². The summed E-state index contributed by atoms with van der Waals surface area (Å²) < 4.78 is 1.75. The highest BCUT2D eigenvalue weighted by Crippen LogP contribution is 1.99. The summed E-state index contributed by atoms with van der Waals surface area (Å²) in [7, 11) is 1.90. The fraction of sp³-hybridized carbons (Fsp3) is 0.778. The molecule has 0 aliphatic heterocycles. The van der Waals surface area contributed by atoms with Gasteiger partial charge in [0.25, 0.3) is 0 Å². The Morgan fingerprint density at radius 3 is 2.92 bits per heavy atom. The van der Waals surface area contributed by atoms with E-state index in [4.69, 9.17) is 0 Å². The van der Waals surface area contributed by atoms with Crippen LogP contribution in [-0.2, 0) is 13.5 Å². The predicted octanol–water partition coefficient (Wildman–Crippen LogP) is 0.747. The monoisotopic (exact) mass is 182 g/mol. The van der Waals surface area contributed by atoms with Gasteiger partial charge < -0.3 is 5.32 Å². The summed E-state index contributed by atoms with van der Waals surface area (Å²) in [5.74, 6) is 0. The Balaban J connectivity index is 2.06. The second-order valence-corrected chi connectivity index (χ2v) is 3.19. The molecule has 0 aliphatic rings. The van der Waals surface area contributed by atoms with Crippen LogP contribution in [0.25, 0.3) is 0 Å². The third-order valence-corrected chi connectivity index (χ3v) is 1.94. The fourth-order valence-corrected chi connectivity index (χ4v) is 1.24. The Bertz CT molecular complexity index is 231. The van der Waals surface area contributed by atoms with E-state index in [0.717, 1.165) is 25.2 Å². The van der Waals surface area contributed by atoms with Crippen molar-refractivity contribution in [3.05, 3.63) is 11.9 Å². The van der Waals surface area contributed by atoms with Gasteiger partial charge in [0, 0.05) is 13.2 Å². The second kappa shape index (κ2) is 5.70. The highest BCUT2D eigenvalue weighted by atomic mass is 15.4. The first kappa shape index (κ1) is 10.2. The highest BCUT2D eigenvalue weighted by Gasteiger charge is 1.96. The maximum Gasteiger partial charge on any atom is 0.0827 e. The molecule has 0 fully saturated rings. The third kappa shape index (κ3) is 4.03. The normalized spacial score (nSPS) is 10.6. The number of rotatable bonds is 6. The molecule has 0 aliphatic carbocycles. The molecule has 0 radical (unpaired) electrons. The zero-order chi connectivity index (χ0) is 9.52.